The summed E-state index contributed by atoms with van der Waals surface area (Å²) in [6, 6.07) is 5.81. The van der Waals surface area contributed by atoms with Crippen LogP contribution in [0.2, 0.25) is 0 Å². The Labute approximate surface area is 176 Å². The van der Waals surface area contributed by atoms with Gasteiger partial charge >= 0.3 is 0 Å². The monoisotopic (exact) mass is 407 g/mol. The zero-order chi connectivity index (χ0) is 21.3. The van der Waals surface area contributed by atoms with Gasteiger partial charge in [0.25, 0.3) is 5.91 Å². The highest BCUT2D eigenvalue weighted by atomic mass is 16.5. The number of pyridine rings is 1. The zero-order valence-electron chi connectivity index (χ0n) is 18.1. The van der Waals surface area contributed by atoms with Crippen molar-refractivity contribution < 1.29 is 9.53 Å². The Balaban J connectivity index is 1.60. The maximum atomic E-state index is 13.2. The number of carbonyl (C=O) groups is 1. The molecule has 0 atom stereocenters. The van der Waals surface area contributed by atoms with Crippen LogP contribution in [-0.2, 0) is 4.74 Å². The van der Waals surface area contributed by atoms with Gasteiger partial charge in [0.15, 0.2) is 11.3 Å². The van der Waals surface area contributed by atoms with E-state index in [1.54, 1.807) is 25.8 Å². The number of rotatable bonds is 5. The fourth-order valence-corrected chi connectivity index (χ4v) is 4.42. The molecular weight excluding hydrogens is 378 g/mol. The largest absolute Gasteiger partial charge is 0.381 e. The highest BCUT2D eigenvalue weighted by molar-refractivity contribution is 5.98. The minimum atomic E-state index is -0.332. The fraction of sp³-hybridized carbons (Fsp3) is 0.478. The first-order valence-electron chi connectivity index (χ1n) is 10.5. The number of ether oxygens (including phenoxy) is 1. The molecule has 1 N–H and O–H groups in total. The molecule has 0 radical (unpaired) electrons. The van der Waals surface area contributed by atoms with Gasteiger partial charge in [-0.3, -0.25) is 14.2 Å². The van der Waals surface area contributed by atoms with E-state index in [0.29, 0.717) is 23.4 Å². The molecule has 3 heterocycles. The Morgan fingerprint density at radius 1 is 1.27 bits per heavy atom. The number of amides is 1. The van der Waals surface area contributed by atoms with Crippen LogP contribution < -0.4 is 5.32 Å². The van der Waals surface area contributed by atoms with E-state index in [4.69, 9.17) is 9.72 Å². The topological polar surface area (TPSA) is 81.4 Å². The van der Waals surface area contributed by atoms with Crippen LogP contribution in [0.5, 0.6) is 0 Å². The van der Waals surface area contributed by atoms with E-state index in [9.17, 15) is 4.79 Å². The minimum Gasteiger partial charge on any atom is -0.381 e. The van der Waals surface area contributed by atoms with Crippen molar-refractivity contribution in [2.75, 3.05) is 7.11 Å². The van der Waals surface area contributed by atoms with Gasteiger partial charge in [0.05, 0.1) is 11.8 Å². The molecule has 4 rings (SSSR count). The molecular formula is C23H29N5O2. The zero-order valence-corrected chi connectivity index (χ0v) is 18.1. The average Bonchev–Trinajstić information content (AvgIpc) is 3.19. The lowest BCUT2D eigenvalue weighted by Crippen LogP contribution is -2.50. The lowest BCUT2D eigenvalue weighted by Gasteiger charge is -2.39. The van der Waals surface area contributed by atoms with Crippen LogP contribution in [0.3, 0.4) is 0 Å². The second-order valence-electron chi connectivity index (χ2n) is 8.70. The summed E-state index contributed by atoms with van der Waals surface area (Å²) in [5.74, 6) is 0.217. The van der Waals surface area contributed by atoms with Crippen LogP contribution in [0.1, 0.15) is 55.7 Å². The maximum absolute atomic E-state index is 13.2. The molecule has 0 aliphatic heterocycles. The van der Waals surface area contributed by atoms with Crippen molar-refractivity contribution in [2.45, 2.75) is 58.1 Å². The van der Waals surface area contributed by atoms with E-state index in [0.717, 1.165) is 42.6 Å². The Bertz CT molecular complexity index is 1040. The lowest BCUT2D eigenvalue weighted by atomic mass is 9.75. The van der Waals surface area contributed by atoms with Crippen LogP contribution in [0.25, 0.3) is 16.9 Å². The average molecular weight is 408 g/mol. The SMILES string of the molecule is CO[C@H]1CC[C@H](C(C)(C)NC(=O)c2ncn3c(C)cc(-c4cccnc4)nc23)CC1. The molecule has 7 nitrogen and oxygen atoms in total. The first-order valence-corrected chi connectivity index (χ1v) is 10.5. The molecule has 7 heteroatoms. The minimum absolute atomic E-state index is 0.188. The number of carbonyl (C=O) groups excluding carboxylic acids is 1. The van der Waals surface area contributed by atoms with Crippen molar-refractivity contribution in [2.24, 2.45) is 5.92 Å². The van der Waals surface area contributed by atoms with Crippen molar-refractivity contribution in [3.63, 3.8) is 0 Å². The van der Waals surface area contributed by atoms with Gasteiger partial charge in [-0.15, -0.1) is 0 Å². The van der Waals surface area contributed by atoms with Crippen molar-refractivity contribution in [3.05, 3.63) is 48.3 Å². The Hall–Kier alpha value is -2.80. The van der Waals surface area contributed by atoms with Crippen molar-refractivity contribution in [1.82, 2.24) is 24.7 Å². The van der Waals surface area contributed by atoms with Crippen LogP contribution in [0, 0.1) is 12.8 Å². The van der Waals surface area contributed by atoms with Gasteiger partial charge in [-0.05, 0) is 70.6 Å². The van der Waals surface area contributed by atoms with E-state index in [1.807, 2.05) is 29.5 Å². The maximum Gasteiger partial charge on any atom is 0.274 e. The molecule has 0 unspecified atom stereocenters. The van der Waals surface area contributed by atoms with Crippen molar-refractivity contribution >= 4 is 11.6 Å². The summed E-state index contributed by atoms with van der Waals surface area (Å²) in [5.41, 5.74) is 3.22. The highest BCUT2D eigenvalue weighted by Crippen LogP contribution is 2.34. The van der Waals surface area contributed by atoms with Gasteiger partial charge in [-0.1, -0.05) is 0 Å². The lowest BCUT2D eigenvalue weighted by molar-refractivity contribution is 0.0396. The van der Waals surface area contributed by atoms with Crippen LogP contribution in [0.15, 0.2) is 36.9 Å². The molecule has 0 spiro atoms. The van der Waals surface area contributed by atoms with Gasteiger partial charge in [0.1, 0.15) is 6.33 Å². The summed E-state index contributed by atoms with van der Waals surface area (Å²) in [5, 5.41) is 3.22. The second kappa shape index (κ2) is 8.14. The number of nitrogens with zero attached hydrogens (tertiary/aromatic N) is 4. The third-order valence-corrected chi connectivity index (χ3v) is 6.33. The van der Waals surface area contributed by atoms with E-state index < -0.39 is 0 Å². The summed E-state index contributed by atoms with van der Waals surface area (Å²) in [4.78, 5) is 26.5. The highest BCUT2D eigenvalue weighted by Gasteiger charge is 2.35. The predicted molar refractivity (Wildman–Crippen MR) is 115 cm³/mol. The standard InChI is InChI=1S/C23H29N5O2/c1-15-12-19(16-6-5-11-24-13-16)26-21-20(25-14-28(15)21)22(29)27-23(2,3)17-7-9-18(30-4)10-8-17/h5-6,11-14,17-18H,7-10H2,1-4H3,(H,27,29)/t17-,18-. The number of methoxy groups -OCH3 is 1. The van der Waals surface area contributed by atoms with E-state index in [-0.39, 0.29) is 11.4 Å². The number of fused-ring (bicyclic) bond motifs is 1. The summed E-state index contributed by atoms with van der Waals surface area (Å²) in [6.45, 7) is 6.18. The summed E-state index contributed by atoms with van der Waals surface area (Å²) >= 11 is 0. The third kappa shape index (κ3) is 3.94. The number of nitrogens with one attached hydrogen (secondary N) is 1. The van der Waals surface area contributed by atoms with Gasteiger partial charge < -0.3 is 10.1 Å². The van der Waals surface area contributed by atoms with Gasteiger partial charge in [-0.2, -0.15) is 0 Å². The number of hydrogen-bond acceptors (Lipinski definition) is 5. The quantitative estimate of drug-likeness (QED) is 0.695. The molecule has 1 saturated carbocycles. The van der Waals surface area contributed by atoms with Crippen LogP contribution in [-0.4, -0.2) is 44.0 Å². The Morgan fingerprint density at radius 2 is 2.03 bits per heavy atom. The molecule has 3 aromatic rings. The van der Waals surface area contributed by atoms with Gasteiger partial charge in [0.2, 0.25) is 0 Å². The van der Waals surface area contributed by atoms with Crippen LogP contribution >= 0.6 is 0 Å². The molecule has 1 aliphatic rings. The molecule has 158 valence electrons. The summed E-state index contributed by atoms with van der Waals surface area (Å²) in [6.07, 6.45) is 9.64. The Kier molecular flexibility index (Phi) is 5.56. The Morgan fingerprint density at radius 3 is 2.70 bits per heavy atom. The number of aromatic nitrogens is 4. The number of hydrogen-bond donors (Lipinski definition) is 1. The molecule has 30 heavy (non-hydrogen) atoms. The smallest absolute Gasteiger partial charge is 0.274 e. The first kappa shape index (κ1) is 20.5. The number of aryl methyl sites for hydroxylation is 1. The van der Waals surface area contributed by atoms with Crippen molar-refractivity contribution in [1.29, 1.82) is 0 Å². The molecule has 0 saturated heterocycles. The van der Waals surface area contributed by atoms with Gasteiger partial charge in [0, 0.05) is 36.3 Å². The second-order valence-corrected chi connectivity index (χ2v) is 8.70. The molecule has 0 aromatic carbocycles. The van der Waals surface area contributed by atoms with E-state index >= 15 is 0 Å². The molecule has 1 aliphatic carbocycles. The third-order valence-electron chi connectivity index (χ3n) is 6.33. The van der Waals surface area contributed by atoms with Crippen LogP contribution in [0.4, 0.5) is 0 Å². The number of imidazole rings is 1. The van der Waals surface area contributed by atoms with E-state index in [2.05, 4.69) is 29.1 Å². The van der Waals surface area contributed by atoms with Crippen molar-refractivity contribution in [3.8, 4) is 11.3 Å². The predicted octanol–water partition coefficient (Wildman–Crippen LogP) is 3.81. The normalized spacial score (nSPS) is 19.7. The fourth-order valence-electron chi connectivity index (χ4n) is 4.42. The molecule has 3 aromatic heterocycles. The summed E-state index contributed by atoms with van der Waals surface area (Å²) < 4.78 is 7.34. The van der Waals surface area contributed by atoms with E-state index in [1.165, 1.54) is 0 Å². The first-order chi connectivity index (χ1) is 14.4. The molecule has 1 fully saturated rings. The van der Waals surface area contributed by atoms with Gasteiger partial charge in [-0.25, -0.2) is 9.97 Å². The summed E-state index contributed by atoms with van der Waals surface area (Å²) in [7, 11) is 1.77. The molecule has 0 bridgehead atoms. The molecule has 1 amide bonds.